The molecule has 0 bridgehead atoms. The normalized spacial score (nSPS) is 21.6. The Morgan fingerprint density at radius 3 is 2.17 bits per heavy atom. The molecule has 2 nitrogen and oxygen atoms in total. The topological polar surface area (TPSA) is 17.8 Å². The molecule has 0 radical (unpaired) electrons. The van der Waals surface area contributed by atoms with Gasteiger partial charge in [0.1, 0.15) is 6.33 Å². The Hall–Kier alpha value is -1.83. The summed E-state index contributed by atoms with van der Waals surface area (Å²) in [4.78, 5) is 4.68. The van der Waals surface area contributed by atoms with Gasteiger partial charge in [0.2, 0.25) is 0 Å². The largest absolute Gasteiger partial charge is 0.303 e. The summed E-state index contributed by atoms with van der Waals surface area (Å²) in [6, 6.07) is 4.70. The molecule has 1 heterocycles. The van der Waals surface area contributed by atoms with Crippen LogP contribution in [-0.4, -0.2) is 9.55 Å². The first-order chi connectivity index (χ1) is 11.1. The number of hydrogen-bond acceptors (Lipinski definition) is 1. The van der Waals surface area contributed by atoms with Crippen molar-refractivity contribution in [1.82, 2.24) is 9.55 Å². The summed E-state index contributed by atoms with van der Waals surface area (Å²) < 4.78 is 2.20. The highest BCUT2D eigenvalue weighted by atomic mass is 15.0. The van der Waals surface area contributed by atoms with Crippen LogP contribution >= 0.6 is 0 Å². The van der Waals surface area contributed by atoms with Gasteiger partial charge >= 0.3 is 0 Å². The molecule has 1 aromatic carbocycles. The lowest BCUT2D eigenvalue weighted by atomic mass is 9.59. The Bertz CT molecular complexity index is 857. The van der Waals surface area contributed by atoms with Crippen LogP contribution in [0.15, 0.2) is 36.7 Å². The van der Waals surface area contributed by atoms with E-state index in [1.54, 1.807) is 0 Å². The minimum atomic E-state index is 0.121. The zero-order valence-electron chi connectivity index (χ0n) is 16.4. The highest BCUT2D eigenvalue weighted by molar-refractivity contribution is 5.82. The molecule has 0 unspecified atom stereocenters. The van der Waals surface area contributed by atoms with Gasteiger partial charge in [0.05, 0.1) is 11.0 Å². The molecule has 128 valence electrons. The fourth-order valence-corrected chi connectivity index (χ4v) is 4.14. The minimum absolute atomic E-state index is 0.121. The summed E-state index contributed by atoms with van der Waals surface area (Å²) in [5.74, 6) is 0. The molecule has 0 atom stereocenters. The van der Waals surface area contributed by atoms with Crippen molar-refractivity contribution in [2.45, 2.75) is 66.2 Å². The highest BCUT2D eigenvalue weighted by Gasteiger charge is 2.56. The molecule has 0 spiro atoms. The number of rotatable bonds is 2. The average Bonchev–Trinajstić information content (AvgIpc) is 2.97. The van der Waals surface area contributed by atoms with Gasteiger partial charge in [0.15, 0.2) is 0 Å². The molecule has 0 saturated carbocycles. The second kappa shape index (κ2) is 5.08. The van der Waals surface area contributed by atoms with E-state index in [4.69, 9.17) is 0 Å². The van der Waals surface area contributed by atoms with Crippen LogP contribution in [0.1, 0.15) is 66.5 Å². The lowest BCUT2D eigenvalue weighted by molar-refractivity contribution is 0.125. The lowest BCUT2D eigenvalue weighted by Crippen LogP contribution is -2.42. The van der Waals surface area contributed by atoms with E-state index in [1.807, 2.05) is 13.3 Å². The van der Waals surface area contributed by atoms with Gasteiger partial charge in [-0.15, -0.1) is 0 Å². The van der Waals surface area contributed by atoms with Crippen LogP contribution in [0.25, 0.3) is 16.7 Å². The van der Waals surface area contributed by atoms with Gasteiger partial charge < -0.3 is 4.57 Å². The molecule has 0 amide bonds. The Balaban J connectivity index is 2.29. The summed E-state index contributed by atoms with van der Waals surface area (Å²) in [6.07, 6.45) is 8.20. The fraction of sp³-hybridized carbons (Fsp3) is 0.500. The van der Waals surface area contributed by atoms with Crippen LogP contribution in [0, 0.1) is 5.41 Å². The smallest absolute Gasteiger partial charge is 0.100 e. The molecular weight excluding hydrogens is 292 g/mol. The summed E-state index contributed by atoms with van der Waals surface area (Å²) in [7, 11) is 0. The third kappa shape index (κ3) is 1.98. The van der Waals surface area contributed by atoms with Crippen molar-refractivity contribution in [3.8, 4) is 0 Å². The number of imidazole rings is 1. The first kappa shape index (κ1) is 17.0. The maximum Gasteiger partial charge on any atom is 0.100 e. The molecule has 1 aliphatic rings. The van der Waals surface area contributed by atoms with Gasteiger partial charge in [-0.1, -0.05) is 53.7 Å². The fourth-order valence-electron chi connectivity index (χ4n) is 4.14. The predicted molar refractivity (Wildman–Crippen MR) is 104 cm³/mol. The second-order valence-electron chi connectivity index (χ2n) is 8.71. The first-order valence-electron chi connectivity index (χ1n) is 8.87. The lowest BCUT2D eigenvalue weighted by Gasteiger charge is -2.44. The Kier molecular flexibility index (Phi) is 3.60. The van der Waals surface area contributed by atoms with Gasteiger partial charge in [-0.25, -0.2) is 4.98 Å². The number of nitrogens with zero attached hydrogens (tertiary/aromatic N) is 2. The maximum absolute atomic E-state index is 4.68. The molecular formula is C22H30N2. The monoisotopic (exact) mass is 322 g/mol. The number of fused-ring (bicyclic) bond motifs is 2. The van der Waals surface area contributed by atoms with Crippen LogP contribution in [0.5, 0.6) is 0 Å². The van der Waals surface area contributed by atoms with Crippen molar-refractivity contribution in [2.75, 3.05) is 0 Å². The van der Waals surface area contributed by atoms with Gasteiger partial charge in [-0.3, -0.25) is 0 Å². The molecule has 24 heavy (non-hydrogen) atoms. The van der Waals surface area contributed by atoms with Crippen LogP contribution in [0.3, 0.4) is 0 Å². The maximum atomic E-state index is 4.68. The van der Waals surface area contributed by atoms with Crippen molar-refractivity contribution in [3.05, 3.63) is 47.8 Å². The predicted octanol–water partition coefficient (Wildman–Crippen LogP) is 6.07. The van der Waals surface area contributed by atoms with Crippen molar-refractivity contribution in [3.63, 3.8) is 0 Å². The second-order valence-corrected chi connectivity index (χ2v) is 8.71. The zero-order valence-corrected chi connectivity index (χ0v) is 16.4. The van der Waals surface area contributed by atoms with Gasteiger partial charge in [-0.05, 0) is 59.4 Å². The summed E-state index contributed by atoms with van der Waals surface area (Å²) >= 11 is 0. The van der Waals surface area contributed by atoms with E-state index in [0.717, 1.165) is 5.52 Å². The Morgan fingerprint density at radius 2 is 1.58 bits per heavy atom. The molecule has 1 aromatic heterocycles. The van der Waals surface area contributed by atoms with E-state index in [9.17, 15) is 0 Å². The van der Waals surface area contributed by atoms with Crippen LogP contribution in [-0.2, 0) is 10.8 Å². The Morgan fingerprint density at radius 1 is 1.00 bits per heavy atom. The molecule has 0 saturated heterocycles. The third-order valence-electron chi connectivity index (χ3n) is 7.07. The summed E-state index contributed by atoms with van der Waals surface area (Å²) in [6.45, 7) is 18.5. The molecule has 3 rings (SSSR count). The van der Waals surface area contributed by atoms with E-state index in [2.05, 4.69) is 88.4 Å². The number of hydrogen-bond donors (Lipinski definition) is 0. The van der Waals surface area contributed by atoms with Gasteiger partial charge in [0.25, 0.3) is 0 Å². The molecule has 2 aromatic rings. The number of allylic oxidation sites excluding steroid dienone is 4. The average molecular weight is 322 g/mol. The SMILES string of the molecule is CC=CC=C(C)n1cnc2cc3c(cc21)C(C)(C)C(C)(C)C3(C)C. The number of aromatic nitrogens is 2. The standard InChI is InChI=1S/C22H30N2/c1-9-10-11-15(2)24-14-23-18-12-16-17(13-19(18)24)21(5,6)22(7,8)20(16,3)4/h9-14H,1-8H3. The van der Waals surface area contributed by atoms with E-state index in [1.165, 1.54) is 22.3 Å². The summed E-state index contributed by atoms with van der Waals surface area (Å²) in [5, 5.41) is 0. The zero-order chi connectivity index (χ0) is 17.9. The quantitative estimate of drug-likeness (QED) is 0.614. The third-order valence-corrected chi connectivity index (χ3v) is 7.07. The van der Waals surface area contributed by atoms with Crippen molar-refractivity contribution < 1.29 is 0 Å². The van der Waals surface area contributed by atoms with Crippen molar-refractivity contribution in [1.29, 1.82) is 0 Å². The molecule has 0 N–H and O–H groups in total. The molecule has 0 fully saturated rings. The van der Waals surface area contributed by atoms with E-state index in [0.29, 0.717) is 0 Å². The van der Waals surface area contributed by atoms with Gasteiger partial charge in [0, 0.05) is 5.70 Å². The van der Waals surface area contributed by atoms with Crippen molar-refractivity contribution in [2.24, 2.45) is 5.41 Å². The number of benzene rings is 1. The molecule has 1 aliphatic carbocycles. The minimum Gasteiger partial charge on any atom is -0.303 e. The first-order valence-corrected chi connectivity index (χ1v) is 8.87. The van der Waals surface area contributed by atoms with Crippen LogP contribution < -0.4 is 0 Å². The highest BCUT2D eigenvalue weighted by Crippen LogP contribution is 2.61. The van der Waals surface area contributed by atoms with Crippen LogP contribution in [0.4, 0.5) is 0 Å². The van der Waals surface area contributed by atoms with Gasteiger partial charge in [-0.2, -0.15) is 0 Å². The van der Waals surface area contributed by atoms with E-state index < -0.39 is 0 Å². The van der Waals surface area contributed by atoms with Crippen LogP contribution in [0.2, 0.25) is 0 Å². The Labute approximate surface area is 146 Å². The molecule has 0 aliphatic heterocycles. The van der Waals surface area contributed by atoms with E-state index >= 15 is 0 Å². The summed E-state index contributed by atoms with van der Waals surface area (Å²) in [5.41, 5.74) is 6.82. The van der Waals surface area contributed by atoms with E-state index in [-0.39, 0.29) is 16.2 Å². The van der Waals surface area contributed by atoms with Crippen molar-refractivity contribution >= 4 is 16.7 Å². The molecule has 2 heteroatoms.